The molecule has 0 aliphatic heterocycles. The summed E-state index contributed by atoms with van der Waals surface area (Å²) in [6.45, 7) is 1.90. The van der Waals surface area contributed by atoms with Crippen LogP contribution in [0, 0.1) is 18.3 Å². The summed E-state index contributed by atoms with van der Waals surface area (Å²) >= 11 is 0. The summed E-state index contributed by atoms with van der Waals surface area (Å²) in [4.78, 5) is 4.59. The zero-order valence-corrected chi connectivity index (χ0v) is 15.2. The number of aryl methyl sites for hydroxylation is 1. The highest BCUT2D eigenvalue weighted by Crippen LogP contribution is 2.28. The number of fused-ring (bicyclic) bond motifs is 1. The maximum atomic E-state index is 9.36. The van der Waals surface area contributed by atoms with Gasteiger partial charge in [-0.2, -0.15) is 14.9 Å². The summed E-state index contributed by atoms with van der Waals surface area (Å²) < 4.78 is 3.59. The Hall–Kier alpha value is -3.93. The zero-order valence-electron chi connectivity index (χ0n) is 15.2. The smallest absolute Gasteiger partial charge is 0.177 e. The Bertz CT molecular complexity index is 1210. The molecule has 2 N–H and O–H groups in total. The van der Waals surface area contributed by atoms with Crippen LogP contribution >= 0.6 is 0 Å². The van der Waals surface area contributed by atoms with E-state index in [2.05, 4.69) is 37.0 Å². The van der Waals surface area contributed by atoms with Crippen LogP contribution in [0.1, 0.15) is 24.2 Å². The molecule has 138 valence electrons. The molecule has 1 aliphatic carbocycles. The van der Waals surface area contributed by atoms with Gasteiger partial charge in [0.05, 0.1) is 11.9 Å². The Kier molecular flexibility index (Phi) is 3.69. The molecule has 9 heteroatoms. The Morgan fingerprint density at radius 2 is 2.14 bits per heavy atom. The highest BCUT2D eigenvalue weighted by atomic mass is 15.3. The minimum absolute atomic E-state index is 0.441. The summed E-state index contributed by atoms with van der Waals surface area (Å²) in [5.74, 6) is 2.28. The molecule has 28 heavy (non-hydrogen) atoms. The molecule has 0 saturated heterocycles. The van der Waals surface area contributed by atoms with Crippen molar-refractivity contribution in [2.24, 2.45) is 0 Å². The van der Waals surface area contributed by atoms with Gasteiger partial charge in [0.1, 0.15) is 35.4 Å². The monoisotopic (exact) mass is 371 g/mol. The van der Waals surface area contributed by atoms with E-state index in [1.54, 1.807) is 17.0 Å². The lowest BCUT2D eigenvalue weighted by atomic mass is 10.2. The molecule has 3 aromatic heterocycles. The third-order valence-electron chi connectivity index (χ3n) is 4.64. The molecule has 5 rings (SSSR count). The Labute approximate surface area is 160 Å². The predicted octanol–water partition coefficient (Wildman–Crippen LogP) is 2.81. The predicted molar refractivity (Wildman–Crippen MR) is 104 cm³/mol. The first-order chi connectivity index (χ1) is 13.7. The van der Waals surface area contributed by atoms with Crippen LogP contribution in [0.3, 0.4) is 0 Å². The average Bonchev–Trinajstić information content (AvgIpc) is 3.24. The van der Waals surface area contributed by atoms with Gasteiger partial charge in [-0.3, -0.25) is 4.57 Å². The third kappa shape index (κ3) is 2.91. The largest absolute Gasteiger partial charge is 0.367 e. The number of hydrogen-bond acceptors (Lipinski definition) is 7. The number of rotatable bonds is 5. The van der Waals surface area contributed by atoms with Crippen molar-refractivity contribution in [3.8, 4) is 11.8 Å². The van der Waals surface area contributed by atoms with E-state index in [1.807, 2.05) is 41.8 Å². The van der Waals surface area contributed by atoms with Crippen LogP contribution in [0.25, 0.3) is 11.3 Å². The van der Waals surface area contributed by atoms with E-state index in [0.717, 1.165) is 35.9 Å². The molecule has 4 aromatic rings. The normalized spacial score (nSPS) is 13.4. The van der Waals surface area contributed by atoms with Crippen LogP contribution in [0.15, 0.2) is 42.9 Å². The van der Waals surface area contributed by atoms with Gasteiger partial charge in [-0.25, -0.2) is 4.98 Å². The van der Waals surface area contributed by atoms with Crippen LogP contribution in [0.2, 0.25) is 0 Å². The summed E-state index contributed by atoms with van der Waals surface area (Å²) in [5, 5.41) is 28.4. The van der Waals surface area contributed by atoms with Crippen molar-refractivity contribution in [1.29, 1.82) is 5.26 Å². The fourth-order valence-electron chi connectivity index (χ4n) is 3.07. The van der Waals surface area contributed by atoms with Crippen molar-refractivity contribution in [3.63, 3.8) is 0 Å². The first kappa shape index (κ1) is 16.3. The Morgan fingerprint density at radius 3 is 2.89 bits per heavy atom. The number of benzene rings is 1. The van der Waals surface area contributed by atoms with Gasteiger partial charge in [-0.15, -0.1) is 10.2 Å². The number of anilines is 3. The fourth-order valence-corrected chi connectivity index (χ4v) is 3.07. The second-order valence-corrected chi connectivity index (χ2v) is 6.77. The SMILES string of the molecule is Cc1nncn1-c1cccc(Nc2cc(NC3CC3)n3ncc(C#N)c3n2)c1. The van der Waals surface area contributed by atoms with Crippen LogP contribution in [-0.4, -0.2) is 35.4 Å². The molecule has 0 amide bonds. The summed E-state index contributed by atoms with van der Waals surface area (Å²) in [7, 11) is 0. The van der Waals surface area contributed by atoms with E-state index >= 15 is 0 Å². The molecular weight excluding hydrogens is 354 g/mol. The lowest BCUT2D eigenvalue weighted by Gasteiger charge is -2.12. The van der Waals surface area contributed by atoms with Crippen molar-refractivity contribution in [2.45, 2.75) is 25.8 Å². The van der Waals surface area contributed by atoms with Crippen LogP contribution in [0.4, 0.5) is 17.3 Å². The number of nitriles is 1. The maximum absolute atomic E-state index is 9.36. The molecule has 1 aliphatic rings. The van der Waals surface area contributed by atoms with E-state index in [4.69, 9.17) is 0 Å². The van der Waals surface area contributed by atoms with Gasteiger partial charge in [0.25, 0.3) is 0 Å². The van der Waals surface area contributed by atoms with E-state index in [0.29, 0.717) is 23.1 Å². The summed E-state index contributed by atoms with van der Waals surface area (Å²) in [6, 6.07) is 12.4. The van der Waals surface area contributed by atoms with Gasteiger partial charge < -0.3 is 10.6 Å². The van der Waals surface area contributed by atoms with Crippen LogP contribution in [-0.2, 0) is 0 Å². The highest BCUT2D eigenvalue weighted by Gasteiger charge is 2.23. The molecule has 1 saturated carbocycles. The first-order valence-electron chi connectivity index (χ1n) is 9.01. The molecule has 0 bridgehead atoms. The van der Waals surface area contributed by atoms with E-state index in [9.17, 15) is 5.26 Å². The summed E-state index contributed by atoms with van der Waals surface area (Å²) in [5.41, 5.74) is 2.79. The molecule has 1 fully saturated rings. The van der Waals surface area contributed by atoms with Gasteiger partial charge >= 0.3 is 0 Å². The number of nitrogens with zero attached hydrogens (tertiary/aromatic N) is 7. The van der Waals surface area contributed by atoms with Crippen molar-refractivity contribution in [2.75, 3.05) is 10.6 Å². The number of hydrogen-bond donors (Lipinski definition) is 2. The molecule has 9 nitrogen and oxygen atoms in total. The van der Waals surface area contributed by atoms with Crippen molar-refractivity contribution in [3.05, 3.63) is 54.2 Å². The Balaban J connectivity index is 1.53. The molecule has 0 spiro atoms. The first-order valence-corrected chi connectivity index (χ1v) is 9.01. The molecule has 0 radical (unpaired) electrons. The van der Waals surface area contributed by atoms with Gasteiger partial charge in [0, 0.05) is 17.8 Å². The minimum Gasteiger partial charge on any atom is -0.367 e. The topological polar surface area (TPSA) is 109 Å². The van der Waals surface area contributed by atoms with E-state index < -0.39 is 0 Å². The van der Waals surface area contributed by atoms with Crippen molar-refractivity contribution < 1.29 is 0 Å². The van der Waals surface area contributed by atoms with Crippen molar-refractivity contribution in [1.82, 2.24) is 29.4 Å². The van der Waals surface area contributed by atoms with Crippen LogP contribution in [0.5, 0.6) is 0 Å². The lowest BCUT2D eigenvalue weighted by Crippen LogP contribution is -2.09. The molecule has 0 unspecified atom stereocenters. The second kappa shape index (κ2) is 6.35. The second-order valence-electron chi connectivity index (χ2n) is 6.77. The minimum atomic E-state index is 0.441. The zero-order chi connectivity index (χ0) is 19.1. The average molecular weight is 371 g/mol. The number of aromatic nitrogens is 6. The van der Waals surface area contributed by atoms with Gasteiger partial charge in [0.15, 0.2) is 5.65 Å². The van der Waals surface area contributed by atoms with Crippen LogP contribution < -0.4 is 10.6 Å². The molecular formula is C19H17N9. The maximum Gasteiger partial charge on any atom is 0.177 e. The van der Waals surface area contributed by atoms with E-state index in [-0.39, 0.29) is 0 Å². The highest BCUT2D eigenvalue weighted by molar-refractivity contribution is 5.68. The third-order valence-corrected chi connectivity index (χ3v) is 4.64. The standard InChI is InChI=1S/C19H17N9/c1-12-26-21-11-27(12)16-4-2-3-15(7-16)23-17-8-18(24-14-5-6-14)28-19(25-17)13(9-20)10-22-28/h2-4,7-8,10-11,14,24H,5-6H2,1H3,(H,23,25). The number of nitrogens with one attached hydrogen (secondary N) is 2. The molecule has 3 heterocycles. The lowest BCUT2D eigenvalue weighted by molar-refractivity contribution is 0.926. The quantitative estimate of drug-likeness (QED) is 0.555. The van der Waals surface area contributed by atoms with E-state index in [1.165, 1.54) is 0 Å². The van der Waals surface area contributed by atoms with Crippen molar-refractivity contribution >= 4 is 23.0 Å². The van der Waals surface area contributed by atoms with Gasteiger partial charge in [0.2, 0.25) is 0 Å². The molecule has 0 atom stereocenters. The molecule has 1 aromatic carbocycles. The Morgan fingerprint density at radius 1 is 1.25 bits per heavy atom. The van der Waals surface area contributed by atoms with Gasteiger partial charge in [-0.1, -0.05) is 6.07 Å². The van der Waals surface area contributed by atoms with Gasteiger partial charge in [-0.05, 0) is 38.0 Å². The summed E-state index contributed by atoms with van der Waals surface area (Å²) in [6.07, 6.45) is 5.50. The fraction of sp³-hybridized carbons (Fsp3) is 0.211.